The first-order valence-corrected chi connectivity index (χ1v) is 13.0. The summed E-state index contributed by atoms with van der Waals surface area (Å²) in [6.07, 6.45) is 3.63. The van der Waals surface area contributed by atoms with Gasteiger partial charge in [0.1, 0.15) is 6.54 Å². The molecule has 2 aliphatic heterocycles. The molecule has 0 radical (unpaired) electrons. The summed E-state index contributed by atoms with van der Waals surface area (Å²) in [4.78, 5) is 53.4. The molecule has 3 heterocycles. The lowest BCUT2D eigenvalue weighted by molar-refractivity contribution is -0.133. The summed E-state index contributed by atoms with van der Waals surface area (Å²) >= 11 is 3.50. The normalized spacial score (nSPS) is 15.0. The molecule has 0 atom stereocenters. The van der Waals surface area contributed by atoms with Gasteiger partial charge in [-0.15, -0.1) is 0 Å². The zero-order valence-corrected chi connectivity index (χ0v) is 22.5. The summed E-state index contributed by atoms with van der Waals surface area (Å²) in [5.41, 5.74) is 3.83. The molecule has 0 bridgehead atoms. The second-order valence-corrected chi connectivity index (χ2v) is 10.4. The maximum atomic E-state index is 13.7. The summed E-state index contributed by atoms with van der Waals surface area (Å²) in [7, 11) is 1.36. The summed E-state index contributed by atoms with van der Waals surface area (Å²) in [6.45, 7) is 5.39. The molecule has 0 saturated carbocycles. The van der Waals surface area contributed by atoms with Crippen molar-refractivity contribution in [3.05, 3.63) is 82.0 Å². The first-order chi connectivity index (χ1) is 18.3. The van der Waals surface area contributed by atoms with E-state index in [2.05, 4.69) is 27.8 Å². The number of carbonyl (C=O) groups is 4. The van der Waals surface area contributed by atoms with Crippen LogP contribution in [0.15, 0.2) is 59.7 Å². The molecular weight excluding hydrogens is 552 g/mol. The van der Waals surface area contributed by atoms with Crippen molar-refractivity contribution >= 4 is 50.5 Å². The lowest BCUT2D eigenvalue weighted by Crippen LogP contribution is -2.61. The van der Waals surface area contributed by atoms with E-state index in [9.17, 15) is 19.2 Å². The maximum absolute atomic E-state index is 13.7. The van der Waals surface area contributed by atoms with Gasteiger partial charge in [0.25, 0.3) is 5.91 Å². The van der Waals surface area contributed by atoms with Gasteiger partial charge in [0.05, 0.1) is 24.3 Å². The van der Waals surface area contributed by atoms with Gasteiger partial charge in [-0.1, -0.05) is 28.6 Å². The molecule has 0 spiro atoms. The summed E-state index contributed by atoms with van der Waals surface area (Å²) in [5.74, 6) is -0.834. The number of hydrogen-bond acceptors (Lipinski definition) is 5. The maximum Gasteiger partial charge on any atom is 0.337 e. The van der Waals surface area contributed by atoms with Gasteiger partial charge in [-0.05, 0) is 54.0 Å². The molecular formula is C28H27BrN4O5. The number of carbonyl (C=O) groups excluding carboxylic acids is 4. The van der Waals surface area contributed by atoms with Gasteiger partial charge >= 0.3 is 5.97 Å². The largest absolute Gasteiger partial charge is 0.465 e. The molecule has 1 N–H and O–H groups in total. The smallest absolute Gasteiger partial charge is 0.337 e. The highest BCUT2D eigenvalue weighted by atomic mass is 79.9. The van der Waals surface area contributed by atoms with Crippen molar-refractivity contribution in [2.24, 2.45) is 0 Å². The fourth-order valence-electron chi connectivity index (χ4n) is 5.02. The van der Waals surface area contributed by atoms with Crippen LogP contribution >= 0.6 is 15.9 Å². The van der Waals surface area contributed by atoms with Gasteiger partial charge in [-0.3, -0.25) is 14.4 Å². The summed E-state index contributed by atoms with van der Waals surface area (Å²) in [6, 6.07) is 11.0. The number of halogens is 1. The van der Waals surface area contributed by atoms with Crippen LogP contribution in [0.25, 0.3) is 10.9 Å². The molecule has 1 aromatic heterocycles. The van der Waals surface area contributed by atoms with Crippen LogP contribution in [-0.2, 0) is 33.8 Å². The van der Waals surface area contributed by atoms with E-state index in [1.165, 1.54) is 13.2 Å². The number of amides is 3. The third-order valence-corrected chi connectivity index (χ3v) is 7.54. The van der Waals surface area contributed by atoms with E-state index in [4.69, 9.17) is 4.74 Å². The Bertz CT molecular complexity index is 1470. The molecule has 1 saturated heterocycles. The number of aromatic nitrogens is 1. The molecule has 2 aromatic carbocycles. The predicted molar refractivity (Wildman–Crippen MR) is 145 cm³/mol. The number of nitrogens with one attached hydrogen (secondary N) is 1. The van der Waals surface area contributed by atoms with E-state index < -0.39 is 0 Å². The van der Waals surface area contributed by atoms with E-state index in [-0.39, 0.29) is 36.3 Å². The molecule has 0 unspecified atom stereocenters. The lowest BCUT2D eigenvalue weighted by Gasteiger charge is -2.38. The highest BCUT2D eigenvalue weighted by Gasteiger charge is 2.31. The number of benzene rings is 2. The number of methoxy groups -OCH3 is 1. The van der Waals surface area contributed by atoms with Crippen molar-refractivity contribution in [1.29, 1.82) is 0 Å². The first-order valence-electron chi connectivity index (χ1n) is 12.3. The first kappa shape index (κ1) is 25.7. The molecule has 38 heavy (non-hydrogen) atoms. The molecule has 1 fully saturated rings. The number of likely N-dealkylation sites (tertiary alicyclic amines) is 1. The second kappa shape index (κ2) is 10.4. The topological polar surface area (TPSA) is 101 Å². The van der Waals surface area contributed by atoms with Crippen LogP contribution in [0.1, 0.15) is 31.8 Å². The van der Waals surface area contributed by atoms with E-state index in [0.29, 0.717) is 43.7 Å². The second-order valence-electron chi connectivity index (χ2n) is 9.50. The average Bonchev–Trinajstić information content (AvgIpc) is 3.25. The quantitative estimate of drug-likeness (QED) is 0.358. The van der Waals surface area contributed by atoms with E-state index in [1.807, 2.05) is 30.3 Å². The third kappa shape index (κ3) is 4.96. The van der Waals surface area contributed by atoms with Crippen molar-refractivity contribution in [1.82, 2.24) is 19.7 Å². The number of nitrogens with zero attached hydrogens (tertiary/aromatic N) is 3. The van der Waals surface area contributed by atoms with Gasteiger partial charge in [0.2, 0.25) is 11.8 Å². The number of fused-ring (bicyclic) bond motifs is 2. The van der Waals surface area contributed by atoms with E-state index in [0.717, 1.165) is 26.5 Å². The molecule has 10 heteroatoms. The van der Waals surface area contributed by atoms with Gasteiger partial charge < -0.3 is 24.4 Å². The minimum absolute atomic E-state index is 0.0520. The van der Waals surface area contributed by atoms with E-state index in [1.54, 1.807) is 26.6 Å². The van der Waals surface area contributed by atoms with E-state index >= 15 is 0 Å². The van der Waals surface area contributed by atoms with Crippen molar-refractivity contribution < 1.29 is 23.9 Å². The zero-order valence-electron chi connectivity index (χ0n) is 20.9. The Morgan fingerprint density at radius 1 is 1.11 bits per heavy atom. The summed E-state index contributed by atoms with van der Waals surface area (Å²) < 4.78 is 7.44. The minimum atomic E-state index is -0.381. The Balaban J connectivity index is 1.33. The summed E-state index contributed by atoms with van der Waals surface area (Å²) in [5, 5.41) is 3.71. The van der Waals surface area contributed by atoms with Gasteiger partial charge in [0.15, 0.2) is 0 Å². The molecule has 5 rings (SSSR count). The Labute approximate surface area is 228 Å². The number of hydrogen-bond donors (Lipinski definition) is 1. The third-order valence-electron chi connectivity index (χ3n) is 7.05. The van der Waals surface area contributed by atoms with Gasteiger partial charge in [0, 0.05) is 47.8 Å². The molecule has 3 amide bonds. The molecule has 3 aromatic rings. The molecule has 196 valence electrons. The van der Waals surface area contributed by atoms with Crippen molar-refractivity contribution in [3.8, 4) is 0 Å². The Morgan fingerprint density at radius 2 is 1.89 bits per heavy atom. The Hall–Kier alpha value is -3.92. The standard InChI is InChI=1S/C28H27BrN4O5/c1-3-26(35)33-13-21(14-33)30-25(34)16-32-15-23(22-11-20(29)6-7-24(22)32)27(36)31-9-8-17-10-18(28(37)38-2)4-5-19(17)12-31/h3-7,10-11,15,21H,1,8-9,12-14,16H2,2H3,(H,30,34). The SMILES string of the molecule is C=CC(=O)N1CC(NC(=O)Cn2cc(C(=O)N3CCc4cc(C(=O)OC)ccc4C3)c3cc(Br)ccc32)C1. The minimum Gasteiger partial charge on any atom is -0.465 e. The number of rotatable bonds is 6. The van der Waals surface area contributed by atoms with Crippen LogP contribution in [0.5, 0.6) is 0 Å². The fourth-order valence-corrected chi connectivity index (χ4v) is 5.38. The molecule has 2 aliphatic rings. The predicted octanol–water partition coefficient (Wildman–Crippen LogP) is 2.90. The van der Waals surface area contributed by atoms with Gasteiger partial charge in [-0.25, -0.2) is 4.79 Å². The van der Waals surface area contributed by atoms with Crippen molar-refractivity contribution in [2.75, 3.05) is 26.7 Å². The Morgan fingerprint density at radius 3 is 2.63 bits per heavy atom. The molecule has 9 nitrogen and oxygen atoms in total. The Kier molecular flexibility index (Phi) is 7.07. The van der Waals surface area contributed by atoms with Crippen LogP contribution in [0.2, 0.25) is 0 Å². The van der Waals surface area contributed by atoms with Crippen molar-refractivity contribution in [3.63, 3.8) is 0 Å². The van der Waals surface area contributed by atoms with Crippen LogP contribution in [-0.4, -0.2) is 70.8 Å². The van der Waals surface area contributed by atoms with Crippen LogP contribution in [0, 0.1) is 0 Å². The highest BCUT2D eigenvalue weighted by Crippen LogP contribution is 2.29. The van der Waals surface area contributed by atoms with Crippen LogP contribution < -0.4 is 5.32 Å². The monoisotopic (exact) mass is 578 g/mol. The molecule has 0 aliphatic carbocycles. The van der Waals surface area contributed by atoms with Crippen LogP contribution in [0.3, 0.4) is 0 Å². The van der Waals surface area contributed by atoms with Gasteiger partial charge in [-0.2, -0.15) is 0 Å². The van der Waals surface area contributed by atoms with Crippen molar-refractivity contribution in [2.45, 2.75) is 25.6 Å². The lowest BCUT2D eigenvalue weighted by atomic mass is 9.96. The zero-order chi connectivity index (χ0) is 27.0. The number of esters is 1. The number of ether oxygens (including phenoxy) is 1. The van der Waals surface area contributed by atoms with Crippen LogP contribution in [0.4, 0.5) is 0 Å². The highest BCUT2D eigenvalue weighted by molar-refractivity contribution is 9.10. The fraction of sp³-hybridized carbons (Fsp3) is 0.286. The average molecular weight is 579 g/mol.